The third-order valence-electron chi connectivity index (χ3n) is 2.13. The lowest BCUT2D eigenvalue weighted by molar-refractivity contribution is 0.462. The number of halogens is 1. The molecule has 0 spiro atoms. The molecule has 1 heteroatoms. The van der Waals surface area contributed by atoms with E-state index in [4.69, 9.17) is 11.6 Å². The molecule has 0 rings (SSSR count). The first-order valence-corrected chi connectivity index (χ1v) is 5.40. The molecule has 0 saturated heterocycles. The highest BCUT2D eigenvalue weighted by Gasteiger charge is 2.02. The molecule has 0 amide bonds. The van der Waals surface area contributed by atoms with Gasteiger partial charge in [-0.3, -0.25) is 0 Å². The molecule has 0 bridgehead atoms. The van der Waals surface area contributed by atoms with Crippen LogP contribution in [0.25, 0.3) is 0 Å². The molecule has 12 heavy (non-hydrogen) atoms. The van der Waals surface area contributed by atoms with Crippen LogP contribution in [0, 0.1) is 17.8 Å². The van der Waals surface area contributed by atoms with E-state index in [9.17, 15) is 0 Å². The van der Waals surface area contributed by atoms with Crippen molar-refractivity contribution in [2.24, 2.45) is 5.92 Å². The Hall–Kier alpha value is -0.150. The van der Waals surface area contributed by atoms with Crippen molar-refractivity contribution >= 4 is 11.6 Å². The number of alkyl halides is 1. The quantitative estimate of drug-likeness (QED) is 0.452. The first-order chi connectivity index (χ1) is 5.85. The van der Waals surface area contributed by atoms with Crippen molar-refractivity contribution in [2.45, 2.75) is 46.0 Å². The van der Waals surface area contributed by atoms with Gasteiger partial charge in [-0.1, -0.05) is 39.0 Å². The second kappa shape index (κ2) is 8.94. The SMILES string of the molecule is CCCCC(CC)CC#CCCl. The molecular formula is C11H19Cl. The number of unbranched alkanes of at least 4 members (excludes halogenated alkanes) is 1. The van der Waals surface area contributed by atoms with E-state index in [-0.39, 0.29) is 0 Å². The van der Waals surface area contributed by atoms with E-state index >= 15 is 0 Å². The van der Waals surface area contributed by atoms with Crippen molar-refractivity contribution in [1.82, 2.24) is 0 Å². The maximum atomic E-state index is 5.46. The molecule has 70 valence electrons. The summed E-state index contributed by atoms with van der Waals surface area (Å²) in [6, 6.07) is 0. The third kappa shape index (κ3) is 6.55. The number of hydrogen-bond donors (Lipinski definition) is 0. The Labute approximate surface area is 81.7 Å². The van der Waals surface area contributed by atoms with Gasteiger partial charge in [0.15, 0.2) is 0 Å². The zero-order chi connectivity index (χ0) is 9.23. The molecular weight excluding hydrogens is 168 g/mol. The topological polar surface area (TPSA) is 0 Å². The summed E-state index contributed by atoms with van der Waals surface area (Å²) < 4.78 is 0. The van der Waals surface area contributed by atoms with Gasteiger partial charge in [-0.15, -0.1) is 17.5 Å². The van der Waals surface area contributed by atoms with Gasteiger partial charge in [0.05, 0.1) is 5.88 Å². The summed E-state index contributed by atoms with van der Waals surface area (Å²) in [5, 5.41) is 0. The van der Waals surface area contributed by atoms with Gasteiger partial charge in [0.25, 0.3) is 0 Å². The van der Waals surface area contributed by atoms with Gasteiger partial charge in [-0.2, -0.15) is 0 Å². The molecule has 0 radical (unpaired) electrons. The molecule has 0 aromatic carbocycles. The molecule has 0 fully saturated rings. The highest BCUT2D eigenvalue weighted by atomic mass is 35.5. The summed E-state index contributed by atoms with van der Waals surface area (Å²) >= 11 is 5.46. The molecule has 0 N–H and O–H groups in total. The maximum absolute atomic E-state index is 5.46. The van der Waals surface area contributed by atoms with E-state index in [1.54, 1.807) is 0 Å². The Bertz CT molecular complexity index is 141. The Morgan fingerprint density at radius 2 is 2.00 bits per heavy atom. The summed E-state index contributed by atoms with van der Waals surface area (Å²) in [5.41, 5.74) is 0. The van der Waals surface area contributed by atoms with E-state index in [0.29, 0.717) is 5.88 Å². The Morgan fingerprint density at radius 3 is 2.50 bits per heavy atom. The summed E-state index contributed by atoms with van der Waals surface area (Å²) in [6.45, 7) is 4.47. The van der Waals surface area contributed by atoms with Crippen LogP contribution in [0.2, 0.25) is 0 Å². The largest absolute Gasteiger partial charge is 0.113 e. The molecule has 0 aliphatic carbocycles. The molecule has 1 unspecified atom stereocenters. The van der Waals surface area contributed by atoms with Crippen LogP contribution in [0.3, 0.4) is 0 Å². The van der Waals surface area contributed by atoms with Crippen molar-refractivity contribution in [2.75, 3.05) is 5.88 Å². The van der Waals surface area contributed by atoms with Crippen LogP contribution in [0.5, 0.6) is 0 Å². The molecule has 0 saturated carbocycles. The highest BCUT2D eigenvalue weighted by Crippen LogP contribution is 2.15. The van der Waals surface area contributed by atoms with Gasteiger partial charge in [0.2, 0.25) is 0 Å². The molecule has 0 aromatic rings. The van der Waals surface area contributed by atoms with Gasteiger partial charge in [0, 0.05) is 6.42 Å². The first kappa shape index (κ1) is 11.8. The Balaban J connectivity index is 3.52. The first-order valence-electron chi connectivity index (χ1n) is 4.86. The van der Waals surface area contributed by atoms with E-state index in [0.717, 1.165) is 12.3 Å². The molecule has 1 atom stereocenters. The van der Waals surface area contributed by atoms with Crippen LogP contribution in [-0.4, -0.2) is 5.88 Å². The minimum atomic E-state index is 0.476. The van der Waals surface area contributed by atoms with Crippen LogP contribution in [0.1, 0.15) is 46.0 Å². The fraction of sp³-hybridized carbons (Fsp3) is 0.818. The lowest BCUT2D eigenvalue weighted by atomic mass is 9.96. The minimum absolute atomic E-state index is 0.476. The van der Waals surface area contributed by atoms with Crippen LogP contribution in [0.15, 0.2) is 0 Å². The second-order valence-corrected chi connectivity index (χ2v) is 3.38. The fourth-order valence-corrected chi connectivity index (χ4v) is 1.30. The molecule has 0 heterocycles. The van der Waals surface area contributed by atoms with Crippen molar-refractivity contribution in [3.8, 4) is 11.8 Å². The van der Waals surface area contributed by atoms with Crippen molar-refractivity contribution in [3.05, 3.63) is 0 Å². The summed E-state index contributed by atoms with van der Waals surface area (Å²) in [7, 11) is 0. The standard InChI is InChI=1S/C11H19Cl/c1-3-5-8-11(4-2)9-6-7-10-12/h11H,3-5,8-10H2,1-2H3. The Kier molecular flexibility index (Phi) is 8.83. The average molecular weight is 187 g/mol. The highest BCUT2D eigenvalue weighted by molar-refractivity contribution is 6.19. The van der Waals surface area contributed by atoms with Crippen LogP contribution < -0.4 is 0 Å². The third-order valence-corrected chi connectivity index (χ3v) is 2.26. The summed E-state index contributed by atoms with van der Waals surface area (Å²) in [6.07, 6.45) is 6.23. The van der Waals surface area contributed by atoms with E-state index in [2.05, 4.69) is 25.7 Å². The normalized spacial score (nSPS) is 11.9. The van der Waals surface area contributed by atoms with Gasteiger partial charge in [0.1, 0.15) is 0 Å². The average Bonchev–Trinajstić information content (AvgIpc) is 2.11. The molecule has 0 aliphatic heterocycles. The smallest absolute Gasteiger partial charge is 0.0835 e. The minimum Gasteiger partial charge on any atom is -0.113 e. The Morgan fingerprint density at radius 1 is 1.25 bits per heavy atom. The van der Waals surface area contributed by atoms with Crippen molar-refractivity contribution in [1.29, 1.82) is 0 Å². The lowest BCUT2D eigenvalue weighted by Gasteiger charge is -2.09. The van der Waals surface area contributed by atoms with Crippen LogP contribution in [0.4, 0.5) is 0 Å². The van der Waals surface area contributed by atoms with Crippen molar-refractivity contribution in [3.63, 3.8) is 0 Å². The van der Waals surface area contributed by atoms with Crippen LogP contribution >= 0.6 is 11.6 Å². The predicted octanol–water partition coefficient (Wildman–Crippen LogP) is 3.84. The predicted molar refractivity (Wildman–Crippen MR) is 56.4 cm³/mol. The van der Waals surface area contributed by atoms with Gasteiger partial charge >= 0.3 is 0 Å². The zero-order valence-corrected chi connectivity index (χ0v) is 8.95. The van der Waals surface area contributed by atoms with E-state index < -0.39 is 0 Å². The van der Waals surface area contributed by atoms with Crippen molar-refractivity contribution < 1.29 is 0 Å². The van der Waals surface area contributed by atoms with Gasteiger partial charge in [-0.25, -0.2) is 0 Å². The van der Waals surface area contributed by atoms with Crippen LogP contribution in [-0.2, 0) is 0 Å². The molecule has 0 nitrogen and oxygen atoms in total. The fourth-order valence-electron chi connectivity index (χ4n) is 1.21. The lowest BCUT2D eigenvalue weighted by Crippen LogP contribution is -1.96. The molecule has 0 aromatic heterocycles. The van der Waals surface area contributed by atoms with E-state index in [1.165, 1.54) is 25.7 Å². The maximum Gasteiger partial charge on any atom is 0.0835 e. The number of rotatable bonds is 5. The summed E-state index contributed by atoms with van der Waals surface area (Å²) in [5.74, 6) is 7.29. The number of hydrogen-bond acceptors (Lipinski definition) is 0. The molecule has 0 aliphatic rings. The summed E-state index contributed by atoms with van der Waals surface area (Å²) in [4.78, 5) is 0. The van der Waals surface area contributed by atoms with E-state index in [1.807, 2.05) is 0 Å². The monoisotopic (exact) mass is 186 g/mol. The van der Waals surface area contributed by atoms with Gasteiger partial charge in [-0.05, 0) is 12.3 Å². The second-order valence-electron chi connectivity index (χ2n) is 3.11. The zero-order valence-electron chi connectivity index (χ0n) is 8.20. The van der Waals surface area contributed by atoms with Gasteiger partial charge < -0.3 is 0 Å².